The highest BCUT2D eigenvalue weighted by Crippen LogP contribution is 2.33. The summed E-state index contributed by atoms with van der Waals surface area (Å²) in [6.45, 7) is 4.41. The monoisotopic (exact) mass is 400 g/mol. The second-order valence-corrected chi connectivity index (χ2v) is 7.97. The Morgan fingerprint density at radius 3 is 2.64 bits per heavy atom. The lowest BCUT2D eigenvalue weighted by atomic mass is 10.1. The van der Waals surface area contributed by atoms with E-state index in [2.05, 4.69) is 17.3 Å². The van der Waals surface area contributed by atoms with Crippen molar-refractivity contribution < 1.29 is 9.18 Å². The standard InChI is InChI=1S/C21H25FN4OS/c1-4-18-17(20-13(2)12-24-26(20)3)10-19(28-18)21(27)25-16(11-23)9-14-5-7-15(22)8-6-14/h5-8,10,12,16H,4,9,11,23H2,1-3H3,(H,25,27). The number of carbonyl (C=O) groups is 1. The molecule has 0 aliphatic heterocycles. The molecule has 0 spiro atoms. The fraction of sp³-hybridized carbons (Fsp3) is 0.333. The summed E-state index contributed by atoms with van der Waals surface area (Å²) in [5, 5.41) is 7.33. The van der Waals surface area contributed by atoms with E-state index in [1.807, 2.05) is 30.9 Å². The third kappa shape index (κ3) is 4.31. The number of nitrogens with two attached hydrogens (primary N) is 1. The van der Waals surface area contributed by atoms with Crippen LogP contribution in [0.4, 0.5) is 4.39 Å². The van der Waals surface area contributed by atoms with Crippen LogP contribution >= 0.6 is 11.3 Å². The second kappa shape index (κ2) is 8.67. The minimum absolute atomic E-state index is 0.136. The lowest BCUT2D eigenvalue weighted by Gasteiger charge is -2.16. The number of carbonyl (C=O) groups excluding carboxylic acids is 1. The topological polar surface area (TPSA) is 72.9 Å². The van der Waals surface area contributed by atoms with Crippen LogP contribution in [0.5, 0.6) is 0 Å². The van der Waals surface area contributed by atoms with Gasteiger partial charge in [0.1, 0.15) is 5.82 Å². The van der Waals surface area contributed by atoms with Gasteiger partial charge in [0.15, 0.2) is 0 Å². The van der Waals surface area contributed by atoms with E-state index in [9.17, 15) is 9.18 Å². The maximum absolute atomic E-state index is 13.1. The smallest absolute Gasteiger partial charge is 0.261 e. The third-order valence-electron chi connectivity index (χ3n) is 4.75. The zero-order valence-electron chi connectivity index (χ0n) is 16.3. The molecule has 2 aromatic heterocycles. The van der Waals surface area contributed by atoms with Crippen molar-refractivity contribution in [2.45, 2.75) is 32.7 Å². The Balaban J connectivity index is 1.79. The highest BCUT2D eigenvalue weighted by Gasteiger charge is 2.20. The minimum atomic E-state index is -0.277. The molecule has 28 heavy (non-hydrogen) atoms. The predicted molar refractivity (Wildman–Crippen MR) is 111 cm³/mol. The van der Waals surface area contributed by atoms with Crippen LogP contribution in [-0.2, 0) is 19.9 Å². The number of nitrogens with zero attached hydrogens (tertiary/aromatic N) is 2. The van der Waals surface area contributed by atoms with E-state index < -0.39 is 0 Å². The van der Waals surface area contributed by atoms with Crippen LogP contribution in [0.2, 0.25) is 0 Å². The van der Waals surface area contributed by atoms with Crippen molar-refractivity contribution in [3.8, 4) is 11.3 Å². The first-order chi connectivity index (χ1) is 13.4. The van der Waals surface area contributed by atoms with Crippen LogP contribution in [-0.4, -0.2) is 28.3 Å². The summed E-state index contributed by atoms with van der Waals surface area (Å²) in [5.41, 5.74) is 9.96. The SMILES string of the molecule is CCc1sc(C(=O)NC(CN)Cc2ccc(F)cc2)cc1-c1c(C)cnn1C. The Bertz CT molecular complexity index is 942. The van der Waals surface area contributed by atoms with Gasteiger partial charge >= 0.3 is 0 Å². The molecule has 1 aromatic carbocycles. The molecule has 0 radical (unpaired) electrons. The van der Waals surface area contributed by atoms with Crippen molar-refractivity contribution in [3.63, 3.8) is 0 Å². The summed E-state index contributed by atoms with van der Waals surface area (Å²) in [5.74, 6) is -0.413. The van der Waals surface area contributed by atoms with Gasteiger partial charge in [0, 0.05) is 30.1 Å². The van der Waals surface area contributed by atoms with Crippen LogP contribution < -0.4 is 11.1 Å². The summed E-state index contributed by atoms with van der Waals surface area (Å²) in [6, 6.07) is 7.99. The molecule has 0 aliphatic carbocycles. The average Bonchev–Trinajstić information content (AvgIpc) is 3.25. The average molecular weight is 401 g/mol. The zero-order chi connectivity index (χ0) is 20.3. The largest absolute Gasteiger partial charge is 0.347 e. The Labute approximate surface area is 168 Å². The van der Waals surface area contributed by atoms with Crippen molar-refractivity contribution in [1.82, 2.24) is 15.1 Å². The van der Waals surface area contributed by atoms with Gasteiger partial charge in [0.05, 0.1) is 16.8 Å². The molecule has 5 nitrogen and oxygen atoms in total. The molecule has 148 valence electrons. The lowest BCUT2D eigenvalue weighted by molar-refractivity contribution is 0.0942. The van der Waals surface area contributed by atoms with Crippen molar-refractivity contribution in [3.05, 3.63) is 63.2 Å². The highest BCUT2D eigenvalue weighted by molar-refractivity contribution is 7.14. The lowest BCUT2D eigenvalue weighted by Crippen LogP contribution is -2.41. The first-order valence-corrected chi connectivity index (χ1v) is 10.1. The summed E-state index contributed by atoms with van der Waals surface area (Å²) in [7, 11) is 1.91. The number of aromatic nitrogens is 2. The van der Waals surface area contributed by atoms with Gasteiger partial charge in [-0.25, -0.2) is 4.39 Å². The van der Waals surface area contributed by atoms with Crippen LogP contribution in [0.25, 0.3) is 11.3 Å². The van der Waals surface area contributed by atoms with Gasteiger partial charge in [-0.15, -0.1) is 11.3 Å². The minimum Gasteiger partial charge on any atom is -0.347 e. The maximum atomic E-state index is 13.1. The Kier molecular flexibility index (Phi) is 6.26. The van der Waals surface area contributed by atoms with E-state index in [1.54, 1.807) is 12.1 Å². The normalized spacial score (nSPS) is 12.2. The predicted octanol–water partition coefficient (Wildman–Crippen LogP) is 3.46. The number of hydrogen-bond acceptors (Lipinski definition) is 4. The number of nitrogens with one attached hydrogen (secondary N) is 1. The zero-order valence-corrected chi connectivity index (χ0v) is 17.1. The van der Waals surface area contributed by atoms with Gasteiger partial charge < -0.3 is 11.1 Å². The molecule has 0 saturated heterocycles. The number of thiophene rings is 1. The van der Waals surface area contributed by atoms with Gasteiger partial charge in [-0.2, -0.15) is 5.10 Å². The summed E-state index contributed by atoms with van der Waals surface area (Å²) in [4.78, 5) is 14.7. The quantitative estimate of drug-likeness (QED) is 0.638. The van der Waals surface area contributed by atoms with Gasteiger partial charge in [-0.05, 0) is 49.1 Å². The van der Waals surface area contributed by atoms with Crippen LogP contribution in [0.1, 0.15) is 32.6 Å². The first kappa shape index (κ1) is 20.2. The molecule has 2 heterocycles. The van der Waals surface area contributed by atoms with Gasteiger partial charge in [-0.3, -0.25) is 9.48 Å². The molecule has 3 N–H and O–H groups in total. The number of halogens is 1. The molecule has 7 heteroatoms. The molecule has 1 amide bonds. The number of amides is 1. The van der Waals surface area contributed by atoms with E-state index in [0.29, 0.717) is 17.8 Å². The fourth-order valence-corrected chi connectivity index (χ4v) is 4.30. The number of aryl methyl sites for hydroxylation is 3. The Morgan fingerprint density at radius 2 is 2.07 bits per heavy atom. The molecule has 3 aromatic rings. The van der Waals surface area contributed by atoms with Gasteiger partial charge in [0.25, 0.3) is 5.91 Å². The third-order valence-corrected chi connectivity index (χ3v) is 6.02. The molecular formula is C21H25FN4OS. The second-order valence-electron chi connectivity index (χ2n) is 6.84. The van der Waals surface area contributed by atoms with Gasteiger partial charge in [0.2, 0.25) is 0 Å². The molecule has 3 rings (SSSR count). The van der Waals surface area contributed by atoms with E-state index >= 15 is 0 Å². The molecule has 1 unspecified atom stereocenters. The van der Waals surface area contributed by atoms with Crippen LogP contribution in [0.15, 0.2) is 36.5 Å². The fourth-order valence-electron chi connectivity index (χ4n) is 3.29. The maximum Gasteiger partial charge on any atom is 0.261 e. The Hall–Kier alpha value is -2.51. The summed E-state index contributed by atoms with van der Waals surface area (Å²) >= 11 is 1.50. The first-order valence-electron chi connectivity index (χ1n) is 9.30. The van der Waals surface area contributed by atoms with E-state index in [0.717, 1.165) is 33.7 Å². The van der Waals surface area contributed by atoms with Gasteiger partial charge in [-0.1, -0.05) is 19.1 Å². The highest BCUT2D eigenvalue weighted by atomic mass is 32.1. The molecule has 0 fully saturated rings. The number of benzene rings is 1. The molecule has 0 bridgehead atoms. The van der Waals surface area contributed by atoms with Crippen molar-refractivity contribution in [2.24, 2.45) is 12.8 Å². The van der Waals surface area contributed by atoms with E-state index in [4.69, 9.17) is 5.73 Å². The van der Waals surface area contributed by atoms with Crippen LogP contribution in [0.3, 0.4) is 0 Å². The van der Waals surface area contributed by atoms with Crippen molar-refractivity contribution in [1.29, 1.82) is 0 Å². The van der Waals surface area contributed by atoms with E-state index in [-0.39, 0.29) is 17.8 Å². The number of hydrogen-bond donors (Lipinski definition) is 2. The molecule has 1 atom stereocenters. The summed E-state index contributed by atoms with van der Waals surface area (Å²) < 4.78 is 14.9. The van der Waals surface area contributed by atoms with Crippen LogP contribution in [0, 0.1) is 12.7 Å². The number of rotatable bonds is 7. The Morgan fingerprint density at radius 1 is 1.36 bits per heavy atom. The van der Waals surface area contributed by atoms with Crippen molar-refractivity contribution in [2.75, 3.05) is 6.54 Å². The van der Waals surface area contributed by atoms with Crippen molar-refractivity contribution >= 4 is 17.2 Å². The molecular weight excluding hydrogens is 375 g/mol. The molecule has 0 aliphatic rings. The van der Waals surface area contributed by atoms with E-state index in [1.165, 1.54) is 23.5 Å². The summed E-state index contributed by atoms with van der Waals surface area (Å²) in [6.07, 6.45) is 3.23. The molecule has 0 saturated carbocycles.